The Labute approximate surface area is 202 Å². The Morgan fingerprint density at radius 1 is 0.706 bits per heavy atom. The van der Waals surface area contributed by atoms with E-state index >= 15 is 4.39 Å². The minimum absolute atomic E-state index is 0.220. The number of hydrogen-bond donors (Lipinski definition) is 0. The molecule has 3 aromatic carbocycles. The lowest BCUT2D eigenvalue weighted by Gasteiger charge is -2.28. The molecule has 0 saturated heterocycles. The second kappa shape index (κ2) is 11.9. The monoisotopic (exact) mass is 466 g/mol. The molecule has 0 atom stereocenters. The van der Waals surface area contributed by atoms with Gasteiger partial charge < -0.3 is 0 Å². The van der Waals surface area contributed by atoms with Gasteiger partial charge in [0.2, 0.25) is 0 Å². The second-order valence-electron chi connectivity index (χ2n) is 10.3. The van der Waals surface area contributed by atoms with Gasteiger partial charge in [0.05, 0.1) is 0 Å². The molecule has 1 fully saturated rings. The fourth-order valence-electron chi connectivity index (χ4n) is 5.65. The Morgan fingerprint density at radius 3 is 2.09 bits per heavy atom. The maximum absolute atomic E-state index is 15.2. The fourth-order valence-corrected chi connectivity index (χ4v) is 5.65. The van der Waals surface area contributed by atoms with Crippen LogP contribution in [0.25, 0.3) is 21.9 Å². The summed E-state index contributed by atoms with van der Waals surface area (Å²) in [4.78, 5) is 0. The Kier molecular flexibility index (Phi) is 8.69. The van der Waals surface area contributed by atoms with Gasteiger partial charge in [-0.3, -0.25) is 0 Å². The smallest absolute Gasteiger partial charge is 0.138 e. The molecular formula is C31H37F3. The van der Waals surface area contributed by atoms with Gasteiger partial charge >= 0.3 is 0 Å². The van der Waals surface area contributed by atoms with Crippen LogP contribution in [0.5, 0.6) is 0 Å². The minimum atomic E-state index is -0.703. The van der Waals surface area contributed by atoms with Crippen molar-refractivity contribution in [1.29, 1.82) is 0 Å². The van der Waals surface area contributed by atoms with Gasteiger partial charge in [-0.25, -0.2) is 13.2 Å². The summed E-state index contributed by atoms with van der Waals surface area (Å²) in [6.45, 7) is 2.27. The number of benzene rings is 3. The zero-order chi connectivity index (χ0) is 23.9. The minimum Gasteiger partial charge on any atom is -0.207 e. The third-order valence-corrected chi connectivity index (χ3v) is 7.72. The molecule has 3 heteroatoms. The average Bonchev–Trinajstić information content (AvgIpc) is 2.83. The molecule has 0 amide bonds. The molecule has 3 aromatic rings. The molecular weight excluding hydrogens is 429 g/mol. The molecule has 34 heavy (non-hydrogen) atoms. The molecule has 1 aliphatic carbocycles. The van der Waals surface area contributed by atoms with Gasteiger partial charge in [0.25, 0.3) is 0 Å². The van der Waals surface area contributed by atoms with Gasteiger partial charge in [-0.1, -0.05) is 101 Å². The molecule has 4 rings (SSSR count). The third kappa shape index (κ3) is 6.43. The fraction of sp³-hybridized carbons (Fsp3) is 0.484. The first-order valence-corrected chi connectivity index (χ1v) is 13.2. The van der Waals surface area contributed by atoms with Crippen molar-refractivity contribution in [3.05, 3.63) is 71.5 Å². The van der Waals surface area contributed by atoms with Crippen LogP contribution in [-0.2, 0) is 6.42 Å². The van der Waals surface area contributed by atoms with Gasteiger partial charge in [-0.15, -0.1) is 0 Å². The van der Waals surface area contributed by atoms with Gasteiger partial charge in [0, 0.05) is 17.0 Å². The summed E-state index contributed by atoms with van der Waals surface area (Å²) in [6.07, 6.45) is 16.0. The lowest BCUT2D eigenvalue weighted by Crippen LogP contribution is -2.15. The van der Waals surface area contributed by atoms with E-state index in [1.165, 1.54) is 88.3 Å². The maximum atomic E-state index is 15.2. The lowest BCUT2D eigenvalue weighted by atomic mass is 9.77. The van der Waals surface area contributed by atoms with Gasteiger partial charge in [0.15, 0.2) is 0 Å². The van der Waals surface area contributed by atoms with E-state index in [-0.39, 0.29) is 11.1 Å². The zero-order valence-corrected chi connectivity index (χ0v) is 20.4. The summed E-state index contributed by atoms with van der Waals surface area (Å²) in [5.74, 6) is -0.102. The van der Waals surface area contributed by atoms with E-state index in [1.807, 2.05) is 18.2 Å². The molecule has 1 aliphatic rings. The molecule has 0 spiro atoms. The van der Waals surface area contributed by atoms with Crippen LogP contribution >= 0.6 is 0 Å². The van der Waals surface area contributed by atoms with Crippen LogP contribution in [0.1, 0.15) is 83.1 Å². The first-order chi connectivity index (χ1) is 16.5. The summed E-state index contributed by atoms with van der Waals surface area (Å²) >= 11 is 0. The molecule has 0 heterocycles. The standard InChI is InChI=1S/C31H37F3/c1-2-3-4-5-6-7-22-8-10-23(11-9-22)12-13-24-14-16-29-25(18-24)15-17-30(31(29)34)26-19-27(32)21-28(33)20-26/h14-23H,2-13H2,1H3/t22-,23-. The van der Waals surface area contributed by atoms with Crippen LogP contribution in [0.15, 0.2) is 48.5 Å². The van der Waals surface area contributed by atoms with Gasteiger partial charge in [0.1, 0.15) is 17.5 Å². The van der Waals surface area contributed by atoms with Gasteiger partial charge in [-0.05, 0) is 53.3 Å². The SMILES string of the molecule is CCCCCCC[C@H]1CC[C@H](CCc2ccc3c(F)c(-c4cc(F)cc(F)c4)ccc3c2)CC1. The van der Waals surface area contributed by atoms with Crippen molar-refractivity contribution in [2.45, 2.75) is 84.0 Å². The van der Waals surface area contributed by atoms with Crippen molar-refractivity contribution in [1.82, 2.24) is 0 Å². The zero-order valence-electron chi connectivity index (χ0n) is 20.4. The normalized spacial score (nSPS) is 18.5. The largest absolute Gasteiger partial charge is 0.207 e. The highest BCUT2D eigenvalue weighted by molar-refractivity contribution is 5.88. The number of fused-ring (bicyclic) bond motifs is 1. The van der Waals surface area contributed by atoms with Crippen LogP contribution in [-0.4, -0.2) is 0 Å². The number of aryl methyl sites for hydroxylation is 1. The summed E-state index contributed by atoms with van der Waals surface area (Å²) < 4.78 is 42.4. The van der Waals surface area contributed by atoms with Crippen molar-refractivity contribution in [3.63, 3.8) is 0 Å². The van der Waals surface area contributed by atoms with Gasteiger partial charge in [-0.2, -0.15) is 0 Å². The number of rotatable bonds is 10. The summed E-state index contributed by atoms with van der Waals surface area (Å²) in [5, 5.41) is 1.33. The van der Waals surface area contributed by atoms with E-state index in [0.717, 1.165) is 29.7 Å². The van der Waals surface area contributed by atoms with E-state index in [9.17, 15) is 8.78 Å². The molecule has 0 nitrogen and oxygen atoms in total. The lowest BCUT2D eigenvalue weighted by molar-refractivity contribution is 0.249. The van der Waals surface area contributed by atoms with Crippen molar-refractivity contribution in [2.75, 3.05) is 0 Å². The highest BCUT2D eigenvalue weighted by atomic mass is 19.1. The number of hydrogen-bond acceptors (Lipinski definition) is 0. The third-order valence-electron chi connectivity index (χ3n) is 7.72. The molecule has 1 saturated carbocycles. The number of unbranched alkanes of at least 4 members (excludes halogenated alkanes) is 4. The van der Waals surface area contributed by atoms with Crippen molar-refractivity contribution >= 4 is 10.8 Å². The van der Waals surface area contributed by atoms with Crippen molar-refractivity contribution < 1.29 is 13.2 Å². The average molecular weight is 467 g/mol. The molecule has 0 aromatic heterocycles. The highest BCUT2D eigenvalue weighted by Gasteiger charge is 2.21. The Balaban J connectivity index is 1.32. The molecule has 0 aliphatic heterocycles. The molecule has 0 unspecified atom stereocenters. The van der Waals surface area contributed by atoms with E-state index < -0.39 is 17.5 Å². The van der Waals surface area contributed by atoms with E-state index in [1.54, 1.807) is 6.07 Å². The first kappa shape index (κ1) is 24.8. The number of halogens is 3. The van der Waals surface area contributed by atoms with Crippen LogP contribution in [0.4, 0.5) is 13.2 Å². The van der Waals surface area contributed by atoms with Crippen LogP contribution in [0.3, 0.4) is 0 Å². The summed E-state index contributed by atoms with van der Waals surface area (Å²) in [6, 6.07) is 12.5. The first-order valence-electron chi connectivity index (χ1n) is 13.2. The molecule has 0 bridgehead atoms. The predicted octanol–water partition coefficient (Wildman–Crippen LogP) is 10.0. The predicted molar refractivity (Wildman–Crippen MR) is 136 cm³/mol. The topological polar surface area (TPSA) is 0 Å². The molecule has 0 N–H and O–H groups in total. The van der Waals surface area contributed by atoms with E-state index in [4.69, 9.17) is 0 Å². The van der Waals surface area contributed by atoms with Crippen molar-refractivity contribution in [3.8, 4) is 11.1 Å². The van der Waals surface area contributed by atoms with Crippen molar-refractivity contribution in [2.24, 2.45) is 11.8 Å². The second-order valence-corrected chi connectivity index (χ2v) is 10.3. The van der Waals surface area contributed by atoms with E-state index in [0.29, 0.717) is 5.39 Å². The molecule has 182 valence electrons. The van der Waals surface area contributed by atoms with Crippen LogP contribution in [0, 0.1) is 29.3 Å². The quantitative estimate of drug-likeness (QED) is 0.261. The Hall–Kier alpha value is -2.29. The summed E-state index contributed by atoms with van der Waals surface area (Å²) in [5.41, 5.74) is 1.67. The Bertz CT molecular complexity index is 1060. The van der Waals surface area contributed by atoms with Crippen LogP contribution in [0.2, 0.25) is 0 Å². The van der Waals surface area contributed by atoms with Crippen LogP contribution < -0.4 is 0 Å². The summed E-state index contributed by atoms with van der Waals surface area (Å²) in [7, 11) is 0. The molecule has 0 radical (unpaired) electrons. The maximum Gasteiger partial charge on any atom is 0.138 e. The van der Waals surface area contributed by atoms with E-state index in [2.05, 4.69) is 13.0 Å². The highest BCUT2D eigenvalue weighted by Crippen LogP contribution is 2.35. The Morgan fingerprint density at radius 2 is 1.38 bits per heavy atom.